The third-order valence-electron chi connectivity index (χ3n) is 10.7. The normalized spacial score (nSPS) is 30.2. The van der Waals surface area contributed by atoms with Gasteiger partial charge in [-0.2, -0.15) is 5.06 Å². The van der Waals surface area contributed by atoms with Gasteiger partial charge in [0.15, 0.2) is 0 Å². The Hall–Kier alpha value is -3.18. The van der Waals surface area contributed by atoms with Crippen LogP contribution in [-0.2, 0) is 16.2 Å². The quantitative estimate of drug-likeness (QED) is 0.182. The zero-order valence-corrected chi connectivity index (χ0v) is 27.0. The number of aliphatic hydroxyl groups excluding tert-OH is 1. The van der Waals surface area contributed by atoms with Gasteiger partial charge in [-0.3, -0.25) is 9.63 Å². The first-order valence-corrected chi connectivity index (χ1v) is 15.7. The zero-order valence-electron chi connectivity index (χ0n) is 27.0. The Balaban J connectivity index is 1.46. The highest BCUT2D eigenvalue weighted by atomic mass is 16.7. The van der Waals surface area contributed by atoms with E-state index in [9.17, 15) is 15.1 Å². The van der Waals surface area contributed by atoms with Gasteiger partial charge in [0, 0.05) is 49.4 Å². The molecule has 44 heavy (non-hydrogen) atoms. The number of rotatable bonds is 10. The number of carbonyl (C=O) groups is 1. The first-order chi connectivity index (χ1) is 20.9. The number of methoxy groups -OCH3 is 1. The fraction of sp³-hybridized carbons (Fsp3) is 0.588. The van der Waals surface area contributed by atoms with E-state index in [1.807, 2.05) is 55.4 Å². The van der Waals surface area contributed by atoms with Crippen molar-refractivity contribution in [2.24, 2.45) is 40.0 Å². The van der Waals surface area contributed by atoms with E-state index >= 15 is 0 Å². The van der Waals surface area contributed by atoms with Crippen molar-refractivity contribution in [1.82, 2.24) is 10.4 Å². The molecule has 5 N–H and O–H groups in total. The molecule has 2 aromatic rings. The number of hydrogen-bond donors (Lipinski definition) is 4. The maximum atomic E-state index is 14.1. The number of nitrogens with zero attached hydrogens (tertiary/aromatic N) is 3. The van der Waals surface area contributed by atoms with Crippen molar-refractivity contribution < 1.29 is 24.7 Å². The summed E-state index contributed by atoms with van der Waals surface area (Å²) in [5.74, 6) is 1.60. The van der Waals surface area contributed by atoms with E-state index in [-0.39, 0.29) is 25.0 Å². The third kappa shape index (κ3) is 5.80. The molecule has 2 aromatic carbocycles. The Morgan fingerprint density at radius 3 is 2.64 bits per heavy atom. The molecule has 10 nitrogen and oxygen atoms in total. The number of hydroxylamine groups is 2. The number of para-hydroxylation sites is 1. The monoisotopic (exact) mass is 607 g/mol. The minimum absolute atomic E-state index is 0.0891. The molecular weight excluding hydrogens is 558 g/mol. The van der Waals surface area contributed by atoms with E-state index in [1.165, 1.54) is 12.6 Å². The molecule has 8 atom stereocenters. The van der Waals surface area contributed by atoms with Gasteiger partial charge in [-0.15, -0.1) is 0 Å². The van der Waals surface area contributed by atoms with Gasteiger partial charge < -0.3 is 31.0 Å². The van der Waals surface area contributed by atoms with E-state index < -0.39 is 24.2 Å². The molecule has 1 aliphatic heterocycles. The third-order valence-corrected chi connectivity index (χ3v) is 10.7. The number of anilines is 1. The lowest BCUT2D eigenvalue weighted by Gasteiger charge is -2.62. The molecule has 0 radical (unpaired) electrons. The molecule has 2 bridgehead atoms. The predicted molar refractivity (Wildman–Crippen MR) is 172 cm³/mol. The summed E-state index contributed by atoms with van der Waals surface area (Å²) in [5, 5.41) is 28.3. The van der Waals surface area contributed by atoms with E-state index in [4.69, 9.17) is 15.3 Å². The van der Waals surface area contributed by atoms with Crippen LogP contribution in [0.1, 0.15) is 51.7 Å². The van der Waals surface area contributed by atoms with Crippen LogP contribution in [0, 0.1) is 29.1 Å². The summed E-state index contributed by atoms with van der Waals surface area (Å²) in [6, 6.07) is 11.2. The first-order valence-electron chi connectivity index (χ1n) is 15.7. The van der Waals surface area contributed by atoms with Gasteiger partial charge in [-0.1, -0.05) is 44.1 Å². The predicted octanol–water partition coefficient (Wildman–Crippen LogP) is 3.86. The summed E-state index contributed by atoms with van der Waals surface area (Å²) in [4.78, 5) is 22.4. The van der Waals surface area contributed by atoms with Crippen molar-refractivity contribution in [3.05, 3.63) is 47.5 Å². The molecule has 0 unspecified atom stereocenters. The van der Waals surface area contributed by atoms with Crippen LogP contribution in [0.15, 0.2) is 41.6 Å². The van der Waals surface area contributed by atoms with Gasteiger partial charge in [-0.05, 0) is 72.3 Å². The highest BCUT2D eigenvalue weighted by Gasteiger charge is 2.57. The molecule has 6 rings (SSSR count). The number of nitrogens with two attached hydrogens (primary N) is 1. The SMILES string of the molecule is COc1c(CN2O[C@@H](CN)[C@@H]([C@H](C)O)[C@H]2C(=O)N[C@H]2C[C@H]3C[C@@H]([C@@H]2C)C3(C)C)cccc1-c1cc(/C=N/O)cc(N(C)C)c1. The lowest BCUT2D eigenvalue weighted by Crippen LogP contribution is -2.62. The molecule has 240 valence electrons. The number of benzene rings is 2. The van der Waals surface area contributed by atoms with Gasteiger partial charge in [0.05, 0.1) is 32.1 Å². The number of amides is 1. The number of hydrogen-bond acceptors (Lipinski definition) is 9. The molecule has 3 aliphatic carbocycles. The number of oxime groups is 1. The van der Waals surface area contributed by atoms with Gasteiger partial charge in [0.2, 0.25) is 5.91 Å². The Morgan fingerprint density at radius 2 is 2.05 bits per heavy atom. The van der Waals surface area contributed by atoms with Crippen molar-refractivity contribution in [2.75, 3.05) is 32.6 Å². The van der Waals surface area contributed by atoms with Crippen molar-refractivity contribution in [1.29, 1.82) is 0 Å². The lowest BCUT2D eigenvalue weighted by molar-refractivity contribution is -0.175. The number of aliphatic hydroxyl groups is 1. The van der Waals surface area contributed by atoms with Crippen molar-refractivity contribution in [3.63, 3.8) is 0 Å². The van der Waals surface area contributed by atoms with Crippen LogP contribution in [0.2, 0.25) is 0 Å². The molecule has 1 saturated heterocycles. The Morgan fingerprint density at radius 1 is 1.30 bits per heavy atom. The fourth-order valence-electron chi connectivity index (χ4n) is 8.06. The molecule has 4 fully saturated rings. The zero-order chi connectivity index (χ0) is 31.9. The summed E-state index contributed by atoms with van der Waals surface area (Å²) in [5.41, 5.74) is 10.7. The van der Waals surface area contributed by atoms with E-state index in [2.05, 4.69) is 31.2 Å². The van der Waals surface area contributed by atoms with E-state index in [0.29, 0.717) is 28.9 Å². The second-order valence-corrected chi connectivity index (χ2v) is 13.7. The molecule has 3 saturated carbocycles. The number of nitrogens with one attached hydrogen (secondary N) is 1. The van der Waals surface area contributed by atoms with Crippen molar-refractivity contribution in [2.45, 2.75) is 71.4 Å². The summed E-state index contributed by atoms with van der Waals surface area (Å²) >= 11 is 0. The number of fused-ring (bicyclic) bond motifs is 2. The standard InChI is InChI=1S/C34H49N5O5/c1-19-27-14-24(34(27,3)4)15-28(19)37-33(41)31-30(20(2)40)29(16-35)44-39(31)18-22-9-8-10-26(32(22)43-7)23-11-21(17-36-42)12-25(13-23)38(5)6/h8-13,17,19-20,24,27-31,40,42H,14-16,18,35H2,1-7H3,(H,37,41)/b36-17+/t19-,20-,24+,27-,28-,29-,30+,31-/m0/s1. The maximum absolute atomic E-state index is 14.1. The average Bonchev–Trinajstić information content (AvgIpc) is 3.36. The van der Waals surface area contributed by atoms with Crippen LogP contribution < -0.4 is 20.7 Å². The van der Waals surface area contributed by atoms with Crippen LogP contribution in [-0.4, -0.2) is 79.5 Å². The highest BCUT2D eigenvalue weighted by Crippen LogP contribution is 2.61. The Bertz CT molecular complexity index is 1380. The molecule has 10 heteroatoms. The largest absolute Gasteiger partial charge is 0.496 e. The van der Waals surface area contributed by atoms with E-state index in [1.54, 1.807) is 19.1 Å². The molecule has 0 spiro atoms. The van der Waals surface area contributed by atoms with Crippen molar-refractivity contribution in [3.8, 4) is 16.9 Å². The van der Waals surface area contributed by atoms with E-state index in [0.717, 1.165) is 34.4 Å². The smallest absolute Gasteiger partial charge is 0.240 e. The first kappa shape index (κ1) is 32.2. The molecule has 4 aliphatic rings. The number of carbonyl (C=O) groups excluding carboxylic acids is 1. The second kappa shape index (κ2) is 12.7. The fourth-order valence-corrected chi connectivity index (χ4v) is 8.06. The molecular formula is C34H49N5O5. The lowest BCUT2D eigenvalue weighted by atomic mass is 9.45. The number of ether oxygens (including phenoxy) is 1. The van der Waals surface area contributed by atoms with Gasteiger partial charge in [0.1, 0.15) is 11.8 Å². The average molecular weight is 608 g/mol. The van der Waals surface area contributed by atoms with Crippen molar-refractivity contribution >= 4 is 17.8 Å². The molecule has 1 heterocycles. The van der Waals surface area contributed by atoms with Crippen LogP contribution >= 0.6 is 0 Å². The van der Waals surface area contributed by atoms with Crippen LogP contribution in [0.4, 0.5) is 5.69 Å². The van der Waals surface area contributed by atoms with Crippen LogP contribution in [0.5, 0.6) is 5.75 Å². The van der Waals surface area contributed by atoms with Crippen LogP contribution in [0.25, 0.3) is 11.1 Å². The molecule has 1 amide bonds. The summed E-state index contributed by atoms with van der Waals surface area (Å²) in [6.07, 6.45) is 2.29. The summed E-state index contributed by atoms with van der Waals surface area (Å²) in [7, 11) is 5.53. The Kier molecular flexibility index (Phi) is 9.28. The maximum Gasteiger partial charge on any atom is 0.240 e. The van der Waals surface area contributed by atoms with Gasteiger partial charge >= 0.3 is 0 Å². The Labute approximate surface area is 261 Å². The topological polar surface area (TPSA) is 133 Å². The van der Waals surface area contributed by atoms with Crippen LogP contribution in [0.3, 0.4) is 0 Å². The summed E-state index contributed by atoms with van der Waals surface area (Å²) in [6.45, 7) is 9.09. The second-order valence-electron chi connectivity index (χ2n) is 13.7. The highest BCUT2D eigenvalue weighted by molar-refractivity contribution is 5.86. The minimum atomic E-state index is -0.797. The summed E-state index contributed by atoms with van der Waals surface area (Å²) < 4.78 is 5.98. The minimum Gasteiger partial charge on any atom is -0.496 e. The molecule has 0 aromatic heterocycles. The van der Waals surface area contributed by atoms with Gasteiger partial charge in [0.25, 0.3) is 0 Å². The van der Waals surface area contributed by atoms with Gasteiger partial charge in [-0.25, -0.2) is 0 Å².